The zero-order valence-electron chi connectivity index (χ0n) is 7.24. The molecule has 0 saturated heterocycles. The van der Waals surface area contributed by atoms with Crippen LogP contribution in [0.3, 0.4) is 0 Å². The number of hydrogen-bond acceptors (Lipinski definition) is 3. The Kier molecular flexibility index (Phi) is 3.44. The summed E-state index contributed by atoms with van der Waals surface area (Å²) < 4.78 is 7.92. The van der Waals surface area contributed by atoms with E-state index in [4.69, 9.17) is 4.74 Å². The van der Waals surface area contributed by atoms with E-state index < -0.39 is 0 Å². The molecule has 0 heterocycles. The van der Waals surface area contributed by atoms with Gasteiger partial charge < -0.3 is 4.74 Å². The first-order valence-electron chi connectivity index (χ1n) is 3.81. The highest BCUT2D eigenvalue weighted by molar-refractivity contribution is 7.78. The summed E-state index contributed by atoms with van der Waals surface area (Å²) in [5.74, 6) is 0.880. The maximum Gasteiger partial charge on any atom is 0.118 e. The second-order valence-corrected chi connectivity index (χ2v) is 2.88. The molecule has 1 atom stereocenters. The fourth-order valence-corrected chi connectivity index (χ4v) is 1.12. The van der Waals surface area contributed by atoms with Crippen molar-refractivity contribution in [3.05, 3.63) is 29.8 Å². The Balaban J connectivity index is 2.77. The van der Waals surface area contributed by atoms with Gasteiger partial charge in [0.1, 0.15) is 5.75 Å². The van der Waals surface area contributed by atoms with Crippen LogP contribution < -0.4 is 9.46 Å². The Morgan fingerprint density at radius 1 is 1.33 bits per heavy atom. The van der Waals surface area contributed by atoms with Gasteiger partial charge in [0, 0.05) is 6.04 Å². The number of thiol groups is 1. The van der Waals surface area contributed by atoms with Crippen molar-refractivity contribution < 1.29 is 4.74 Å². The molecule has 1 rings (SSSR count). The summed E-state index contributed by atoms with van der Waals surface area (Å²) in [5, 5.41) is 0. The van der Waals surface area contributed by atoms with E-state index >= 15 is 0 Å². The topological polar surface area (TPSA) is 21.3 Å². The molecular formula is C9H13NOS. The van der Waals surface area contributed by atoms with Crippen LogP contribution in [-0.4, -0.2) is 7.11 Å². The average Bonchev–Trinajstić information content (AvgIpc) is 2.17. The van der Waals surface area contributed by atoms with Gasteiger partial charge in [0.15, 0.2) is 0 Å². The highest BCUT2D eigenvalue weighted by Gasteiger charge is 2.01. The molecule has 1 N–H and O–H groups in total. The Morgan fingerprint density at radius 2 is 1.92 bits per heavy atom. The van der Waals surface area contributed by atoms with Gasteiger partial charge in [0.05, 0.1) is 7.11 Å². The highest BCUT2D eigenvalue weighted by Crippen LogP contribution is 2.17. The van der Waals surface area contributed by atoms with Gasteiger partial charge in [-0.2, -0.15) is 0 Å². The summed E-state index contributed by atoms with van der Waals surface area (Å²) in [4.78, 5) is 0. The molecule has 0 radical (unpaired) electrons. The molecule has 0 amide bonds. The van der Waals surface area contributed by atoms with E-state index in [2.05, 4.69) is 24.5 Å². The molecule has 0 saturated carbocycles. The lowest BCUT2D eigenvalue weighted by Crippen LogP contribution is -2.06. The minimum Gasteiger partial charge on any atom is -0.497 e. The van der Waals surface area contributed by atoms with Crippen LogP contribution in [0.4, 0.5) is 0 Å². The second kappa shape index (κ2) is 4.38. The molecule has 0 aliphatic rings. The smallest absolute Gasteiger partial charge is 0.118 e. The molecule has 1 aromatic rings. The van der Waals surface area contributed by atoms with Crippen molar-refractivity contribution in [2.45, 2.75) is 13.0 Å². The molecular weight excluding hydrogens is 170 g/mol. The van der Waals surface area contributed by atoms with Crippen LogP contribution >= 0.6 is 12.8 Å². The molecule has 1 aromatic carbocycles. The number of ether oxygens (including phenoxy) is 1. The largest absolute Gasteiger partial charge is 0.497 e. The number of rotatable bonds is 3. The average molecular weight is 183 g/mol. The van der Waals surface area contributed by atoms with Crippen LogP contribution in [0.5, 0.6) is 5.75 Å². The summed E-state index contributed by atoms with van der Waals surface area (Å²) in [5.41, 5.74) is 1.20. The van der Waals surface area contributed by atoms with Crippen molar-refractivity contribution in [2.24, 2.45) is 0 Å². The minimum atomic E-state index is 0.263. The van der Waals surface area contributed by atoms with Gasteiger partial charge in [0.25, 0.3) is 0 Å². The molecule has 0 bridgehead atoms. The van der Waals surface area contributed by atoms with Crippen LogP contribution in [0.1, 0.15) is 18.5 Å². The van der Waals surface area contributed by atoms with Gasteiger partial charge in [-0.05, 0) is 24.6 Å². The lowest BCUT2D eigenvalue weighted by Gasteiger charge is -2.09. The lowest BCUT2D eigenvalue weighted by atomic mass is 10.1. The quantitative estimate of drug-likeness (QED) is 0.701. The summed E-state index contributed by atoms with van der Waals surface area (Å²) >= 11 is 3.99. The number of methoxy groups -OCH3 is 1. The molecule has 12 heavy (non-hydrogen) atoms. The standard InChI is InChI=1S/C9H13NOS/c1-7(10-12)8-3-5-9(11-2)6-4-8/h3-7,10,12H,1-2H3. The number of nitrogens with one attached hydrogen (secondary N) is 1. The van der Waals surface area contributed by atoms with Crippen molar-refractivity contribution in [3.8, 4) is 5.75 Å². The van der Waals surface area contributed by atoms with Crippen molar-refractivity contribution in [3.63, 3.8) is 0 Å². The third-order valence-corrected chi connectivity index (χ3v) is 2.20. The molecule has 0 aliphatic carbocycles. The van der Waals surface area contributed by atoms with E-state index in [0.717, 1.165) is 5.75 Å². The molecule has 0 aliphatic heterocycles. The summed E-state index contributed by atoms with van der Waals surface area (Å²) in [6, 6.07) is 8.19. The predicted molar refractivity (Wildman–Crippen MR) is 53.5 cm³/mol. The second-order valence-electron chi connectivity index (χ2n) is 2.62. The van der Waals surface area contributed by atoms with E-state index in [1.54, 1.807) is 7.11 Å². The van der Waals surface area contributed by atoms with Crippen molar-refractivity contribution in [1.29, 1.82) is 0 Å². The van der Waals surface area contributed by atoms with Gasteiger partial charge >= 0.3 is 0 Å². The fraction of sp³-hybridized carbons (Fsp3) is 0.333. The Bertz CT molecular complexity index is 235. The van der Waals surface area contributed by atoms with E-state index in [0.29, 0.717) is 0 Å². The van der Waals surface area contributed by atoms with Crippen LogP contribution in [0.25, 0.3) is 0 Å². The van der Waals surface area contributed by atoms with E-state index in [9.17, 15) is 0 Å². The number of benzene rings is 1. The first kappa shape index (κ1) is 9.42. The van der Waals surface area contributed by atoms with Crippen molar-refractivity contribution in [2.75, 3.05) is 7.11 Å². The van der Waals surface area contributed by atoms with Crippen LogP contribution in [0.2, 0.25) is 0 Å². The molecule has 0 spiro atoms. The molecule has 2 nitrogen and oxygen atoms in total. The van der Waals surface area contributed by atoms with Crippen molar-refractivity contribution in [1.82, 2.24) is 4.72 Å². The molecule has 0 aromatic heterocycles. The van der Waals surface area contributed by atoms with Gasteiger partial charge in [0.2, 0.25) is 0 Å². The lowest BCUT2D eigenvalue weighted by molar-refractivity contribution is 0.414. The van der Waals surface area contributed by atoms with E-state index in [1.165, 1.54) is 5.56 Å². The molecule has 1 unspecified atom stereocenters. The zero-order chi connectivity index (χ0) is 8.97. The summed E-state index contributed by atoms with van der Waals surface area (Å²) in [6.45, 7) is 2.05. The van der Waals surface area contributed by atoms with Crippen LogP contribution in [0, 0.1) is 0 Å². The molecule has 3 heteroatoms. The normalized spacial score (nSPS) is 12.6. The first-order valence-corrected chi connectivity index (χ1v) is 4.26. The third-order valence-electron chi connectivity index (χ3n) is 1.81. The van der Waals surface area contributed by atoms with Crippen LogP contribution in [0.15, 0.2) is 24.3 Å². The van der Waals surface area contributed by atoms with Crippen LogP contribution in [-0.2, 0) is 0 Å². The summed E-state index contributed by atoms with van der Waals surface area (Å²) in [6.07, 6.45) is 0. The van der Waals surface area contributed by atoms with E-state index in [1.807, 2.05) is 24.3 Å². The summed E-state index contributed by atoms with van der Waals surface area (Å²) in [7, 11) is 1.66. The zero-order valence-corrected chi connectivity index (χ0v) is 8.14. The Hall–Kier alpha value is -0.670. The fourth-order valence-electron chi connectivity index (χ4n) is 0.967. The predicted octanol–water partition coefficient (Wildman–Crippen LogP) is 2.19. The molecule has 0 fully saturated rings. The van der Waals surface area contributed by atoms with Gasteiger partial charge in [-0.3, -0.25) is 4.72 Å². The Morgan fingerprint density at radius 3 is 2.33 bits per heavy atom. The third kappa shape index (κ3) is 2.16. The van der Waals surface area contributed by atoms with Gasteiger partial charge in [-0.25, -0.2) is 0 Å². The first-order chi connectivity index (χ1) is 5.77. The minimum absolute atomic E-state index is 0.263. The van der Waals surface area contributed by atoms with Gasteiger partial charge in [-0.1, -0.05) is 24.9 Å². The maximum absolute atomic E-state index is 5.04. The monoisotopic (exact) mass is 183 g/mol. The van der Waals surface area contributed by atoms with E-state index in [-0.39, 0.29) is 6.04 Å². The molecule has 66 valence electrons. The van der Waals surface area contributed by atoms with Gasteiger partial charge in [-0.15, -0.1) is 0 Å². The SMILES string of the molecule is COc1ccc(C(C)NS)cc1. The highest BCUT2D eigenvalue weighted by atomic mass is 32.1. The maximum atomic E-state index is 5.04. The van der Waals surface area contributed by atoms with Crippen molar-refractivity contribution >= 4 is 12.8 Å². The Labute approximate surface area is 78.5 Å². The number of hydrogen-bond donors (Lipinski definition) is 2.